The van der Waals surface area contributed by atoms with Crippen LogP contribution in [0.1, 0.15) is 45.7 Å². The zero-order valence-corrected chi connectivity index (χ0v) is 15.7. The van der Waals surface area contributed by atoms with Crippen molar-refractivity contribution in [3.8, 4) is 0 Å². The minimum atomic E-state index is 0.140. The number of benzene rings is 1. The number of guanidine groups is 1. The van der Waals surface area contributed by atoms with E-state index in [9.17, 15) is 0 Å². The van der Waals surface area contributed by atoms with E-state index in [0.29, 0.717) is 18.1 Å². The molecule has 0 spiro atoms. The highest BCUT2D eigenvalue weighted by Gasteiger charge is 2.59. The monoisotopic (exact) mass is 349 g/mol. The quantitative estimate of drug-likeness (QED) is 0.642. The van der Waals surface area contributed by atoms with Crippen LogP contribution in [0.2, 0.25) is 5.02 Å². The normalized spacial score (nSPS) is 29.5. The molecule has 1 aliphatic carbocycles. The SMILES string of the molecule is CCN=C(NC(C)c1ccc(Cl)cc1)NC1C2CCOC2C1(C)C. The predicted molar refractivity (Wildman–Crippen MR) is 99.5 cm³/mol. The minimum absolute atomic E-state index is 0.140. The number of rotatable bonds is 4. The number of hydrogen-bond donors (Lipinski definition) is 2. The summed E-state index contributed by atoms with van der Waals surface area (Å²) in [7, 11) is 0. The van der Waals surface area contributed by atoms with Gasteiger partial charge in [-0.1, -0.05) is 37.6 Å². The van der Waals surface area contributed by atoms with Crippen molar-refractivity contribution in [3.63, 3.8) is 0 Å². The molecule has 0 aromatic heterocycles. The summed E-state index contributed by atoms with van der Waals surface area (Å²) in [4.78, 5) is 4.64. The Morgan fingerprint density at radius 1 is 1.38 bits per heavy atom. The average Bonchev–Trinajstić information content (AvgIpc) is 3.00. The molecule has 132 valence electrons. The van der Waals surface area contributed by atoms with Crippen LogP contribution in [0.25, 0.3) is 0 Å². The van der Waals surface area contributed by atoms with Crippen molar-refractivity contribution in [2.45, 2.75) is 52.3 Å². The van der Waals surface area contributed by atoms with Crippen LogP contribution in [0.3, 0.4) is 0 Å². The zero-order valence-electron chi connectivity index (χ0n) is 15.0. The zero-order chi connectivity index (χ0) is 17.3. The topological polar surface area (TPSA) is 45.7 Å². The van der Waals surface area contributed by atoms with Gasteiger partial charge in [0.2, 0.25) is 0 Å². The van der Waals surface area contributed by atoms with Gasteiger partial charge in [0.25, 0.3) is 0 Å². The molecule has 24 heavy (non-hydrogen) atoms. The van der Waals surface area contributed by atoms with Gasteiger partial charge in [-0.2, -0.15) is 0 Å². The number of aliphatic imine (C=N–C) groups is 1. The summed E-state index contributed by atoms with van der Waals surface area (Å²) >= 11 is 5.98. The van der Waals surface area contributed by atoms with Gasteiger partial charge in [-0.05, 0) is 38.0 Å². The van der Waals surface area contributed by atoms with Gasteiger partial charge in [0.15, 0.2) is 5.96 Å². The second kappa shape index (κ2) is 6.93. The van der Waals surface area contributed by atoms with E-state index in [1.165, 1.54) is 5.56 Å². The second-order valence-electron chi connectivity index (χ2n) is 7.43. The van der Waals surface area contributed by atoms with Crippen LogP contribution in [-0.2, 0) is 4.74 Å². The number of fused-ring (bicyclic) bond motifs is 1. The molecular weight excluding hydrogens is 322 g/mol. The maximum atomic E-state index is 5.98. The van der Waals surface area contributed by atoms with E-state index >= 15 is 0 Å². The maximum absolute atomic E-state index is 5.98. The first-order valence-corrected chi connectivity index (χ1v) is 9.26. The third-order valence-corrected chi connectivity index (χ3v) is 5.68. The van der Waals surface area contributed by atoms with Crippen molar-refractivity contribution in [2.75, 3.05) is 13.2 Å². The largest absolute Gasteiger partial charge is 0.377 e. The molecule has 1 aromatic rings. The van der Waals surface area contributed by atoms with Crippen molar-refractivity contribution in [3.05, 3.63) is 34.9 Å². The highest BCUT2D eigenvalue weighted by atomic mass is 35.5. The fraction of sp³-hybridized carbons (Fsp3) is 0.632. The molecule has 4 unspecified atom stereocenters. The molecule has 4 atom stereocenters. The molecule has 2 N–H and O–H groups in total. The first-order chi connectivity index (χ1) is 11.4. The van der Waals surface area contributed by atoms with Crippen molar-refractivity contribution >= 4 is 17.6 Å². The van der Waals surface area contributed by atoms with Crippen LogP contribution in [0.15, 0.2) is 29.3 Å². The van der Waals surface area contributed by atoms with Crippen molar-refractivity contribution in [1.82, 2.24) is 10.6 Å². The summed E-state index contributed by atoms with van der Waals surface area (Å²) in [5, 5.41) is 7.95. The van der Waals surface area contributed by atoms with Crippen LogP contribution in [0, 0.1) is 11.3 Å². The summed E-state index contributed by atoms with van der Waals surface area (Å²) in [6, 6.07) is 8.53. The highest BCUT2D eigenvalue weighted by Crippen LogP contribution is 2.52. The maximum Gasteiger partial charge on any atom is 0.191 e. The van der Waals surface area contributed by atoms with E-state index in [1.54, 1.807) is 0 Å². The fourth-order valence-corrected chi connectivity index (χ4v) is 4.22. The lowest BCUT2D eigenvalue weighted by molar-refractivity contribution is -0.106. The molecule has 3 rings (SSSR count). The number of hydrogen-bond acceptors (Lipinski definition) is 2. The Labute approximate surface area is 150 Å². The van der Waals surface area contributed by atoms with Crippen LogP contribution in [0.5, 0.6) is 0 Å². The van der Waals surface area contributed by atoms with Gasteiger partial charge in [-0.15, -0.1) is 0 Å². The summed E-state index contributed by atoms with van der Waals surface area (Å²) < 4.78 is 5.89. The summed E-state index contributed by atoms with van der Waals surface area (Å²) in [5.41, 5.74) is 1.33. The lowest BCUT2D eigenvalue weighted by Crippen LogP contribution is -2.68. The summed E-state index contributed by atoms with van der Waals surface area (Å²) in [5.74, 6) is 1.47. The number of nitrogens with one attached hydrogen (secondary N) is 2. The molecule has 0 amide bonds. The second-order valence-corrected chi connectivity index (χ2v) is 7.86. The molecule has 4 nitrogen and oxygen atoms in total. The fourth-order valence-electron chi connectivity index (χ4n) is 4.10. The smallest absolute Gasteiger partial charge is 0.191 e. The van der Waals surface area contributed by atoms with E-state index in [4.69, 9.17) is 16.3 Å². The molecule has 2 fully saturated rings. The first-order valence-electron chi connectivity index (χ1n) is 8.88. The first kappa shape index (κ1) is 17.6. The van der Waals surface area contributed by atoms with Crippen molar-refractivity contribution in [2.24, 2.45) is 16.3 Å². The predicted octanol–water partition coefficient (Wildman–Crippen LogP) is 3.77. The Hall–Kier alpha value is -1.26. The van der Waals surface area contributed by atoms with E-state index in [0.717, 1.165) is 30.6 Å². The highest BCUT2D eigenvalue weighted by molar-refractivity contribution is 6.30. The standard InChI is InChI=1S/C19H28ClN3O/c1-5-21-18(22-12(2)13-6-8-14(20)9-7-13)23-16-15-10-11-24-17(15)19(16,3)4/h6-9,12,15-17H,5,10-11H2,1-4H3,(H2,21,22,23). The molecule has 5 heteroatoms. The van der Waals surface area contributed by atoms with Gasteiger partial charge >= 0.3 is 0 Å². The number of halogens is 1. The van der Waals surface area contributed by atoms with Crippen molar-refractivity contribution < 1.29 is 4.74 Å². The Bertz CT molecular complexity index is 599. The third kappa shape index (κ3) is 3.27. The molecule has 0 bridgehead atoms. The lowest BCUT2D eigenvalue weighted by Gasteiger charge is -2.55. The van der Waals surface area contributed by atoms with E-state index in [1.807, 2.05) is 12.1 Å². The number of ether oxygens (including phenoxy) is 1. The van der Waals surface area contributed by atoms with Gasteiger partial charge in [-0.3, -0.25) is 4.99 Å². The number of nitrogens with zero attached hydrogens (tertiary/aromatic N) is 1. The average molecular weight is 350 g/mol. The third-order valence-electron chi connectivity index (χ3n) is 5.43. The minimum Gasteiger partial charge on any atom is -0.377 e. The van der Waals surface area contributed by atoms with Crippen LogP contribution >= 0.6 is 11.6 Å². The van der Waals surface area contributed by atoms with Crippen LogP contribution in [-0.4, -0.2) is 31.3 Å². The molecule has 1 saturated heterocycles. The Kier molecular flexibility index (Phi) is 5.07. The van der Waals surface area contributed by atoms with Gasteiger partial charge in [0.05, 0.1) is 12.1 Å². The van der Waals surface area contributed by atoms with Gasteiger partial charge in [-0.25, -0.2) is 0 Å². The molecule has 1 aromatic carbocycles. The Morgan fingerprint density at radius 3 is 2.75 bits per heavy atom. The van der Waals surface area contributed by atoms with Gasteiger partial charge in [0.1, 0.15) is 0 Å². The summed E-state index contributed by atoms with van der Waals surface area (Å²) in [6.07, 6.45) is 1.52. The molecule has 1 heterocycles. The van der Waals surface area contributed by atoms with Gasteiger partial charge < -0.3 is 15.4 Å². The molecule has 0 radical (unpaired) electrons. The van der Waals surface area contributed by atoms with Crippen LogP contribution in [0.4, 0.5) is 0 Å². The van der Waals surface area contributed by atoms with E-state index < -0.39 is 0 Å². The molecular formula is C19H28ClN3O. The molecule has 1 aliphatic heterocycles. The Morgan fingerprint density at radius 2 is 2.08 bits per heavy atom. The summed E-state index contributed by atoms with van der Waals surface area (Å²) in [6.45, 7) is 10.4. The van der Waals surface area contributed by atoms with E-state index in [-0.39, 0.29) is 11.5 Å². The van der Waals surface area contributed by atoms with E-state index in [2.05, 4.69) is 55.5 Å². The van der Waals surface area contributed by atoms with Crippen LogP contribution < -0.4 is 10.6 Å². The Balaban J connectivity index is 1.67. The lowest BCUT2D eigenvalue weighted by atomic mass is 9.57. The molecule has 2 aliphatic rings. The van der Waals surface area contributed by atoms with Gasteiger partial charge in [0, 0.05) is 35.5 Å². The van der Waals surface area contributed by atoms with Crippen molar-refractivity contribution in [1.29, 1.82) is 0 Å². The molecule has 1 saturated carbocycles.